The van der Waals surface area contributed by atoms with Crippen LogP contribution in [0.3, 0.4) is 0 Å². The van der Waals surface area contributed by atoms with Crippen LogP contribution in [0.25, 0.3) is 11.3 Å². The van der Waals surface area contributed by atoms with Crippen LogP contribution < -0.4 is 15.1 Å². The van der Waals surface area contributed by atoms with E-state index in [1.54, 1.807) is 18.3 Å². The van der Waals surface area contributed by atoms with Crippen molar-refractivity contribution in [3.63, 3.8) is 0 Å². The van der Waals surface area contributed by atoms with Crippen LogP contribution in [0.2, 0.25) is 0 Å². The van der Waals surface area contributed by atoms with Gasteiger partial charge in [-0.3, -0.25) is 15.1 Å². The zero-order chi connectivity index (χ0) is 26.1. The number of anilines is 2. The highest BCUT2D eigenvalue weighted by Crippen LogP contribution is 2.43. The van der Waals surface area contributed by atoms with E-state index in [1.807, 2.05) is 35.2 Å². The van der Waals surface area contributed by atoms with Gasteiger partial charge in [0.15, 0.2) is 5.11 Å². The van der Waals surface area contributed by atoms with Gasteiger partial charge in [0.2, 0.25) is 0 Å². The first-order valence-corrected chi connectivity index (χ1v) is 12.8. The predicted molar refractivity (Wildman–Crippen MR) is 148 cm³/mol. The molecule has 192 valence electrons. The van der Waals surface area contributed by atoms with Gasteiger partial charge in [0.05, 0.1) is 29.9 Å². The average molecular weight is 528 g/mol. The largest absolute Gasteiger partial charge is 0.459 e. The molecule has 9 nitrogen and oxygen atoms in total. The fourth-order valence-corrected chi connectivity index (χ4v) is 5.35. The molecule has 38 heavy (non-hydrogen) atoms. The van der Waals surface area contributed by atoms with Gasteiger partial charge in [0, 0.05) is 48.4 Å². The molecule has 2 aromatic carbocycles. The summed E-state index contributed by atoms with van der Waals surface area (Å²) in [5.74, 6) is 1.22. The van der Waals surface area contributed by atoms with E-state index in [2.05, 4.69) is 39.5 Å². The number of nitrogens with zero attached hydrogens (tertiary/aromatic N) is 4. The van der Waals surface area contributed by atoms with E-state index >= 15 is 0 Å². The van der Waals surface area contributed by atoms with Gasteiger partial charge in [0.1, 0.15) is 17.6 Å². The number of nitro groups is 1. The van der Waals surface area contributed by atoms with E-state index in [9.17, 15) is 10.1 Å². The number of thiocarbonyl (C=S) groups is 1. The second-order valence-corrected chi connectivity index (χ2v) is 9.51. The van der Waals surface area contributed by atoms with Crippen molar-refractivity contribution >= 4 is 34.4 Å². The van der Waals surface area contributed by atoms with Crippen molar-refractivity contribution in [1.82, 2.24) is 10.3 Å². The van der Waals surface area contributed by atoms with Crippen molar-refractivity contribution in [2.75, 3.05) is 36.1 Å². The van der Waals surface area contributed by atoms with E-state index in [-0.39, 0.29) is 17.8 Å². The minimum Gasteiger partial charge on any atom is -0.459 e. The Hall–Kier alpha value is -4.28. The summed E-state index contributed by atoms with van der Waals surface area (Å²) in [5.41, 5.74) is 3.54. The minimum atomic E-state index is -0.411. The molecule has 0 bridgehead atoms. The van der Waals surface area contributed by atoms with Crippen LogP contribution in [0.5, 0.6) is 0 Å². The number of hydrogen-bond acceptors (Lipinski definition) is 7. The summed E-state index contributed by atoms with van der Waals surface area (Å²) in [7, 11) is 0. The lowest BCUT2D eigenvalue weighted by molar-refractivity contribution is -0.384. The summed E-state index contributed by atoms with van der Waals surface area (Å²) in [6.45, 7) is 3.17. The normalized spacial score (nSPS) is 19.4. The first kappa shape index (κ1) is 24.1. The van der Waals surface area contributed by atoms with Crippen molar-refractivity contribution in [2.45, 2.75) is 12.1 Å². The second-order valence-electron chi connectivity index (χ2n) is 9.12. The summed E-state index contributed by atoms with van der Waals surface area (Å²) in [4.78, 5) is 19.8. The van der Waals surface area contributed by atoms with Crippen molar-refractivity contribution in [3.8, 4) is 11.3 Å². The number of aromatic nitrogens is 1. The maximum Gasteiger partial charge on any atom is 0.270 e. The Kier molecular flexibility index (Phi) is 6.48. The fraction of sp³-hybridized carbons (Fsp3) is 0.214. The Labute approximate surface area is 224 Å². The molecule has 2 saturated heterocycles. The molecule has 4 aromatic rings. The molecule has 0 aliphatic carbocycles. The van der Waals surface area contributed by atoms with E-state index < -0.39 is 4.92 Å². The molecular formula is C28H25N5O4S. The molecule has 4 heterocycles. The van der Waals surface area contributed by atoms with E-state index in [1.165, 1.54) is 12.1 Å². The fourth-order valence-electron chi connectivity index (χ4n) is 5.01. The number of morpholine rings is 1. The second kappa shape index (κ2) is 10.2. The Morgan fingerprint density at radius 1 is 0.974 bits per heavy atom. The lowest BCUT2D eigenvalue weighted by Crippen LogP contribution is -2.36. The van der Waals surface area contributed by atoms with Crippen LogP contribution in [0.4, 0.5) is 17.1 Å². The molecule has 0 unspecified atom stereocenters. The molecule has 2 aliphatic rings. The molecule has 2 fully saturated rings. The Morgan fingerprint density at radius 2 is 1.76 bits per heavy atom. The van der Waals surface area contributed by atoms with Gasteiger partial charge in [-0.2, -0.15) is 0 Å². The third-order valence-corrected chi connectivity index (χ3v) is 7.18. The first-order valence-electron chi connectivity index (χ1n) is 12.4. The predicted octanol–water partition coefficient (Wildman–Crippen LogP) is 5.26. The summed E-state index contributed by atoms with van der Waals surface area (Å²) < 4.78 is 11.8. The van der Waals surface area contributed by atoms with Crippen LogP contribution in [0.15, 0.2) is 89.5 Å². The number of non-ortho nitro benzene ring substituents is 1. The van der Waals surface area contributed by atoms with Crippen molar-refractivity contribution in [2.24, 2.45) is 0 Å². The molecule has 0 spiro atoms. The number of benzene rings is 2. The van der Waals surface area contributed by atoms with Crippen LogP contribution in [-0.4, -0.2) is 41.3 Å². The summed E-state index contributed by atoms with van der Waals surface area (Å²) >= 11 is 5.82. The molecule has 1 N–H and O–H groups in total. The molecule has 0 radical (unpaired) electrons. The number of nitrogens with one attached hydrogen (secondary N) is 1. The van der Waals surface area contributed by atoms with Gasteiger partial charge in [0.25, 0.3) is 5.69 Å². The van der Waals surface area contributed by atoms with Crippen molar-refractivity contribution in [1.29, 1.82) is 0 Å². The van der Waals surface area contributed by atoms with Crippen molar-refractivity contribution in [3.05, 3.63) is 107 Å². The van der Waals surface area contributed by atoms with Crippen molar-refractivity contribution < 1.29 is 14.1 Å². The Bertz CT molecular complexity index is 1450. The monoisotopic (exact) mass is 527 g/mol. The third-order valence-electron chi connectivity index (χ3n) is 6.86. The Morgan fingerprint density at radius 3 is 2.50 bits per heavy atom. The summed E-state index contributed by atoms with van der Waals surface area (Å²) in [5, 5.41) is 15.3. The lowest BCUT2D eigenvalue weighted by Gasteiger charge is -2.30. The summed E-state index contributed by atoms with van der Waals surface area (Å²) in [6, 6.07) is 23.7. The summed E-state index contributed by atoms with van der Waals surface area (Å²) in [6.07, 6.45) is 1.76. The highest BCUT2D eigenvalue weighted by molar-refractivity contribution is 7.80. The maximum absolute atomic E-state index is 11.3. The topological polar surface area (TPSA) is 96.9 Å². The maximum atomic E-state index is 11.3. The van der Waals surface area contributed by atoms with Crippen LogP contribution >= 0.6 is 12.2 Å². The smallest absolute Gasteiger partial charge is 0.270 e. The van der Waals surface area contributed by atoms with Gasteiger partial charge in [-0.15, -0.1) is 0 Å². The highest BCUT2D eigenvalue weighted by atomic mass is 32.1. The van der Waals surface area contributed by atoms with E-state index in [0.717, 1.165) is 43.4 Å². The molecule has 2 atom stereocenters. The highest BCUT2D eigenvalue weighted by Gasteiger charge is 2.42. The average Bonchev–Trinajstić information content (AvgIpc) is 3.59. The third kappa shape index (κ3) is 4.59. The molecular weight excluding hydrogens is 502 g/mol. The number of ether oxygens (including phenoxy) is 1. The van der Waals surface area contributed by atoms with Gasteiger partial charge in [-0.05, 0) is 60.7 Å². The molecule has 2 aromatic heterocycles. The van der Waals surface area contributed by atoms with Crippen LogP contribution in [0.1, 0.15) is 23.5 Å². The van der Waals surface area contributed by atoms with Gasteiger partial charge < -0.3 is 24.3 Å². The number of hydrogen-bond donors (Lipinski definition) is 1. The number of pyridine rings is 1. The van der Waals surface area contributed by atoms with Gasteiger partial charge in [-0.1, -0.05) is 18.2 Å². The SMILES string of the molecule is O=[N+]([O-])c1cccc(-c2ccc([C@@H]3[C@H](c4ccccn4)NC(=S)N3c3ccc(N4CCOCC4)cc3)o2)c1. The van der Waals surface area contributed by atoms with E-state index in [4.69, 9.17) is 21.4 Å². The zero-order valence-corrected chi connectivity index (χ0v) is 21.2. The minimum absolute atomic E-state index is 0.0116. The van der Waals surface area contributed by atoms with Crippen LogP contribution in [0, 0.1) is 10.1 Å². The van der Waals surface area contributed by atoms with E-state index in [0.29, 0.717) is 22.2 Å². The number of furan rings is 1. The van der Waals surface area contributed by atoms with Gasteiger partial charge >= 0.3 is 0 Å². The molecule has 2 aliphatic heterocycles. The first-order chi connectivity index (χ1) is 18.6. The van der Waals surface area contributed by atoms with Crippen LogP contribution in [-0.2, 0) is 4.74 Å². The lowest BCUT2D eigenvalue weighted by atomic mass is 10.0. The number of nitro benzene ring substituents is 1. The zero-order valence-electron chi connectivity index (χ0n) is 20.4. The molecule has 6 rings (SSSR count). The Balaban J connectivity index is 1.37. The molecule has 10 heteroatoms. The number of rotatable bonds is 6. The quantitative estimate of drug-likeness (QED) is 0.204. The molecule has 0 saturated carbocycles. The standard InChI is InChI=1S/C28H25N5O4S/c34-33(35)22-5-3-4-19(18-22)24-11-12-25(37-24)27-26(23-6-1-2-13-29-23)30-28(38)32(27)21-9-7-20(8-10-21)31-14-16-36-17-15-31/h1-13,18,26-27H,14-17H2,(H,30,38)/t26-,27+/m0/s1. The van der Waals surface area contributed by atoms with Gasteiger partial charge in [-0.25, -0.2) is 0 Å². The molecule has 0 amide bonds.